The van der Waals surface area contributed by atoms with Crippen molar-refractivity contribution in [1.82, 2.24) is 15.2 Å². The molecule has 3 heterocycles. The van der Waals surface area contributed by atoms with Gasteiger partial charge in [-0.1, -0.05) is 12.1 Å². The summed E-state index contributed by atoms with van der Waals surface area (Å²) in [5.74, 6) is -0.0986. The fourth-order valence-electron chi connectivity index (χ4n) is 4.03. The highest BCUT2D eigenvalue weighted by molar-refractivity contribution is 5.94. The molecule has 2 fully saturated rings. The van der Waals surface area contributed by atoms with E-state index in [4.69, 9.17) is 0 Å². The molecule has 2 N–H and O–H groups in total. The minimum Gasteiger partial charge on any atom is -0.346 e. The maximum Gasteiger partial charge on any atom is 0.270 e. The van der Waals surface area contributed by atoms with Crippen molar-refractivity contribution in [3.05, 3.63) is 52.2 Å². The van der Waals surface area contributed by atoms with Crippen LogP contribution in [0.3, 0.4) is 0 Å². The average Bonchev–Trinajstić information content (AvgIpc) is 3.30. The van der Waals surface area contributed by atoms with E-state index in [0.29, 0.717) is 17.8 Å². The van der Waals surface area contributed by atoms with Crippen molar-refractivity contribution in [3.63, 3.8) is 0 Å². The number of non-ortho nitro benzene ring substituents is 1. The van der Waals surface area contributed by atoms with E-state index in [-0.39, 0.29) is 17.6 Å². The van der Waals surface area contributed by atoms with Gasteiger partial charge in [-0.2, -0.15) is 0 Å². The molecule has 4 rings (SSSR count). The van der Waals surface area contributed by atoms with E-state index in [1.54, 1.807) is 16.7 Å². The lowest BCUT2D eigenvalue weighted by molar-refractivity contribution is -0.384. The van der Waals surface area contributed by atoms with Crippen molar-refractivity contribution in [3.8, 4) is 11.3 Å². The number of nitrogens with zero attached hydrogens (tertiary/aromatic N) is 2. The van der Waals surface area contributed by atoms with Crippen LogP contribution in [0, 0.1) is 10.1 Å². The zero-order valence-electron chi connectivity index (χ0n) is 13.9. The highest BCUT2D eigenvalue weighted by Crippen LogP contribution is 2.29. The number of hydrogen-bond donors (Lipinski definition) is 2. The summed E-state index contributed by atoms with van der Waals surface area (Å²) in [6.07, 6.45) is 3.29. The molecule has 130 valence electrons. The molecule has 7 heteroatoms. The lowest BCUT2D eigenvalue weighted by Crippen LogP contribution is -2.43. The molecule has 0 saturated carbocycles. The molecular formula is C18H20N4O3. The molecule has 0 radical (unpaired) electrons. The third-order valence-electron chi connectivity index (χ3n) is 5.32. The van der Waals surface area contributed by atoms with Gasteiger partial charge in [-0.15, -0.1) is 0 Å². The molecule has 7 nitrogen and oxygen atoms in total. The van der Waals surface area contributed by atoms with Crippen molar-refractivity contribution < 1.29 is 9.72 Å². The largest absolute Gasteiger partial charge is 0.346 e. The quantitative estimate of drug-likeness (QED) is 0.660. The minimum absolute atomic E-state index is 0.0396. The maximum atomic E-state index is 12.6. The Hall–Kier alpha value is -2.67. The van der Waals surface area contributed by atoms with E-state index < -0.39 is 4.92 Å². The SMILES string of the molecule is Cn1c(C(=O)N[C@@H]2C[C@H]3CC[C@@H]2N3)ccc1-c1cccc([N+](=O)[O-])c1. The molecular weight excluding hydrogens is 320 g/mol. The highest BCUT2D eigenvalue weighted by Gasteiger charge is 2.39. The lowest BCUT2D eigenvalue weighted by Gasteiger charge is -2.21. The number of nitrogens with one attached hydrogen (secondary N) is 2. The summed E-state index contributed by atoms with van der Waals surface area (Å²) in [6.45, 7) is 0. The molecule has 0 aliphatic carbocycles. The van der Waals surface area contributed by atoms with Crippen molar-refractivity contribution in [1.29, 1.82) is 0 Å². The van der Waals surface area contributed by atoms with Gasteiger partial charge in [0.25, 0.3) is 11.6 Å². The zero-order valence-corrected chi connectivity index (χ0v) is 13.9. The number of nitro groups is 1. The monoisotopic (exact) mass is 340 g/mol. The van der Waals surface area contributed by atoms with Crippen LogP contribution in [0.15, 0.2) is 36.4 Å². The Morgan fingerprint density at radius 2 is 2.16 bits per heavy atom. The van der Waals surface area contributed by atoms with E-state index in [0.717, 1.165) is 24.1 Å². The second-order valence-electron chi connectivity index (χ2n) is 6.83. The number of nitro benzene ring substituents is 1. The number of carbonyl (C=O) groups excluding carboxylic acids is 1. The molecule has 0 unspecified atom stereocenters. The van der Waals surface area contributed by atoms with Gasteiger partial charge in [0.15, 0.2) is 0 Å². The molecule has 2 bridgehead atoms. The van der Waals surface area contributed by atoms with Crippen molar-refractivity contribution >= 4 is 11.6 Å². The summed E-state index contributed by atoms with van der Waals surface area (Å²) in [5.41, 5.74) is 2.10. The molecule has 0 spiro atoms. The molecule has 3 atom stereocenters. The summed E-state index contributed by atoms with van der Waals surface area (Å²) >= 11 is 0. The third-order valence-corrected chi connectivity index (χ3v) is 5.32. The van der Waals surface area contributed by atoms with Crippen LogP contribution in [0.1, 0.15) is 29.8 Å². The molecule has 2 aliphatic heterocycles. The molecule has 2 aromatic rings. The topological polar surface area (TPSA) is 89.2 Å². The maximum absolute atomic E-state index is 12.6. The van der Waals surface area contributed by atoms with E-state index in [1.165, 1.54) is 18.6 Å². The fourth-order valence-corrected chi connectivity index (χ4v) is 4.03. The number of carbonyl (C=O) groups is 1. The number of hydrogen-bond acceptors (Lipinski definition) is 4. The van der Waals surface area contributed by atoms with Gasteiger partial charge in [0.1, 0.15) is 5.69 Å². The van der Waals surface area contributed by atoms with Gasteiger partial charge >= 0.3 is 0 Å². The van der Waals surface area contributed by atoms with Crippen molar-refractivity contribution in [2.24, 2.45) is 7.05 Å². The predicted octanol–water partition coefficient (Wildman–Crippen LogP) is 2.22. The molecule has 1 aromatic heterocycles. The van der Waals surface area contributed by atoms with Crippen LogP contribution >= 0.6 is 0 Å². The summed E-state index contributed by atoms with van der Waals surface area (Å²) in [5, 5.41) is 17.6. The molecule has 2 aliphatic rings. The lowest BCUT2D eigenvalue weighted by atomic mass is 9.95. The fraction of sp³-hybridized carbons (Fsp3) is 0.389. The average molecular weight is 340 g/mol. The van der Waals surface area contributed by atoms with Gasteiger partial charge in [-0.3, -0.25) is 14.9 Å². The molecule has 1 aromatic carbocycles. The van der Waals surface area contributed by atoms with Gasteiger partial charge in [0, 0.05) is 48.6 Å². The normalized spacial score (nSPS) is 24.4. The molecule has 2 saturated heterocycles. The van der Waals surface area contributed by atoms with Crippen molar-refractivity contribution in [2.75, 3.05) is 0 Å². The third kappa shape index (κ3) is 2.80. The Balaban J connectivity index is 1.55. The van der Waals surface area contributed by atoms with E-state index in [1.807, 2.05) is 19.2 Å². The minimum atomic E-state index is -0.414. The molecule has 25 heavy (non-hydrogen) atoms. The van der Waals surface area contributed by atoms with Gasteiger partial charge in [0.2, 0.25) is 0 Å². The van der Waals surface area contributed by atoms with Crippen LogP contribution in [0.4, 0.5) is 5.69 Å². The van der Waals surface area contributed by atoms with Gasteiger partial charge in [-0.05, 0) is 31.4 Å². The first-order chi connectivity index (χ1) is 12.0. The standard InChI is InChI=1S/C18H20N4O3/c1-21-16(11-3-2-4-13(9-11)22(24)25)7-8-17(21)18(23)20-15-10-12-5-6-14(15)19-12/h2-4,7-9,12,14-15,19H,5-6,10H2,1H3,(H,20,23)/t12-,14+,15-/m1/s1. The number of rotatable bonds is 4. The number of benzene rings is 1. The van der Waals surface area contributed by atoms with Crippen LogP contribution in [0.5, 0.6) is 0 Å². The Morgan fingerprint density at radius 1 is 1.32 bits per heavy atom. The van der Waals surface area contributed by atoms with Crippen molar-refractivity contribution in [2.45, 2.75) is 37.4 Å². The zero-order chi connectivity index (χ0) is 17.6. The first-order valence-corrected chi connectivity index (χ1v) is 8.50. The smallest absolute Gasteiger partial charge is 0.270 e. The Kier molecular flexibility index (Phi) is 3.80. The summed E-state index contributed by atoms with van der Waals surface area (Å²) in [7, 11) is 1.81. The number of fused-ring (bicyclic) bond motifs is 2. The van der Waals surface area contributed by atoms with Gasteiger partial charge in [-0.25, -0.2) is 0 Å². The van der Waals surface area contributed by atoms with Crippen LogP contribution in [0.25, 0.3) is 11.3 Å². The second-order valence-corrected chi connectivity index (χ2v) is 6.83. The Morgan fingerprint density at radius 3 is 2.84 bits per heavy atom. The summed E-state index contributed by atoms with van der Waals surface area (Å²) < 4.78 is 1.79. The highest BCUT2D eigenvalue weighted by atomic mass is 16.6. The van der Waals surface area contributed by atoms with E-state index in [9.17, 15) is 14.9 Å². The van der Waals surface area contributed by atoms with Gasteiger partial charge < -0.3 is 15.2 Å². The van der Waals surface area contributed by atoms with Gasteiger partial charge in [0.05, 0.1) is 4.92 Å². The Bertz CT molecular complexity index is 845. The first kappa shape index (κ1) is 15.8. The molecule has 1 amide bonds. The second kappa shape index (κ2) is 6.00. The van der Waals surface area contributed by atoms with Crippen LogP contribution < -0.4 is 10.6 Å². The number of aromatic nitrogens is 1. The Labute approximate surface area is 145 Å². The van der Waals surface area contributed by atoms with E-state index >= 15 is 0 Å². The summed E-state index contributed by atoms with van der Waals surface area (Å²) in [4.78, 5) is 23.2. The van der Waals surface area contributed by atoms with Crippen LogP contribution in [-0.2, 0) is 7.05 Å². The van der Waals surface area contributed by atoms with Crippen LogP contribution in [-0.4, -0.2) is 33.5 Å². The number of amides is 1. The summed E-state index contributed by atoms with van der Waals surface area (Å²) in [6, 6.07) is 11.1. The predicted molar refractivity (Wildman–Crippen MR) is 93.3 cm³/mol. The van der Waals surface area contributed by atoms with E-state index in [2.05, 4.69) is 10.6 Å². The van der Waals surface area contributed by atoms with Crippen LogP contribution in [0.2, 0.25) is 0 Å². The first-order valence-electron chi connectivity index (χ1n) is 8.50.